The van der Waals surface area contributed by atoms with Crippen molar-refractivity contribution in [1.82, 2.24) is 4.98 Å². The second-order valence-corrected chi connectivity index (χ2v) is 6.16. The van der Waals surface area contributed by atoms with E-state index in [9.17, 15) is 9.59 Å². The SMILES string of the molecule is CCc1ccccc1Nc1cc(C(=O)Nc2cccc(C(C)=O)c2)ccn1. The Bertz CT molecular complexity index is 983. The molecule has 0 spiro atoms. The van der Waals surface area contributed by atoms with Gasteiger partial charge in [0.05, 0.1) is 0 Å². The maximum Gasteiger partial charge on any atom is 0.255 e. The number of pyridine rings is 1. The molecule has 1 heterocycles. The second kappa shape index (κ2) is 8.27. The van der Waals surface area contributed by atoms with E-state index in [0.717, 1.165) is 12.1 Å². The van der Waals surface area contributed by atoms with Gasteiger partial charge in [-0.2, -0.15) is 0 Å². The van der Waals surface area contributed by atoms with Gasteiger partial charge in [0.2, 0.25) is 0 Å². The smallest absolute Gasteiger partial charge is 0.255 e. The molecule has 3 rings (SSSR count). The van der Waals surface area contributed by atoms with E-state index in [2.05, 4.69) is 28.6 Å². The first kappa shape index (κ1) is 18.3. The summed E-state index contributed by atoms with van der Waals surface area (Å²) < 4.78 is 0. The second-order valence-electron chi connectivity index (χ2n) is 6.16. The fourth-order valence-electron chi connectivity index (χ4n) is 2.75. The van der Waals surface area contributed by atoms with Gasteiger partial charge in [0, 0.05) is 28.7 Å². The average Bonchev–Trinajstić information content (AvgIpc) is 2.69. The number of aryl methyl sites for hydroxylation is 1. The molecule has 5 nitrogen and oxygen atoms in total. The number of aromatic nitrogens is 1. The number of benzene rings is 2. The zero-order chi connectivity index (χ0) is 19.2. The summed E-state index contributed by atoms with van der Waals surface area (Å²) in [6, 6.07) is 18.2. The molecule has 0 aliphatic carbocycles. The highest BCUT2D eigenvalue weighted by Crippen LogP contribution is 2.21. The van der Waals surface area contributed by atoms with Crippen LogP contribution in [-0.2, 0) is 6.42 Å². The number of carbonyl (C=O) groups is 2. The summed E-state index contributed by atoms with van der Waals surface area (Å²) in [6.07, 6.45) is 2.49. The molecule has 0 unspecified atom stereocenters. The molecule has 3 aromatic rings. The fraction of sp³-hybridized carbons (Fsp3) is 0.136. The summed E-state index contributed by atoms with van der Waals surface area (Å²) in [5, 5.41) is 6.09. The predicted octanol–water partition coefficient (Wildman–Crippen LogP) is 4.84. The van der Waals surface area contributed by atoms with Crippen LogP contribution in [0.15, 0.2) is 66.9 Å². The zero-order valence-corrected chi connectivity index (χ0v) is 15.3. The Kier molecular flexibility index (Phi) is 5.61. The van der Waals surface area contributed by atoms with Crippen molar-refractivity contribution in [3.8, 4) is 0 Å². The Morgan fingerprint density at radius 2 is 1.78 bits per heavy atom. The number of para-hydroxylation sites is 1. The van der Waals surface area contributed by atoms with E-state index >= 15 is 0 Å². The van der Waals surface area contributed by atoms with Crippen LogP contribution in [-0.4, -0.2) is 16.7 Å². The molecular formula is C22H21N3O2. The highest BCUT2D eigenvalue weighted by Gasteiger charge is 2.09. The molecule has 0 atom stereocenters. The highest BCUT2D eigenvalue weighted by molar-refractivity contribution is 6.05. The first-order valence-electron chi connectivity index (χ1n) is 8.80. The van der Waals surface area contributed by atoms with Gasteiger partial charge < -0.3 is 10.6 Å². The Morgan fingerprint density at radius 1 is 0.963 bits per heavy atom. The van der Waals surface area contributed by atoms with Gasteiger partial charge in [-0.1, -0.05) is 37.3 Å². The van der Waals surface area contributed by atoms with Crippen LogP contribution in [0.1, 0.15) is 40.1 Å². The first-order chi connectivity index (χ1) is 13.1. The van der Waals surface area contributed by atoms with Crippen LogP contribution in [0.5, 0.6) is 0 Å². The number of nitrogens with one attached hydrogen (secondary N) is 2. The molecule has 1 aromatic heterocycles. The Labute approximate surface area is 158 Å². The van der Waals surface area contributed by atoms with Gasteiger partial charge in [0.25, 0.3) is 5.91 Å². The molecular weight excluding hydrogens is 338 g/mol. The van der Waals surface area contributed by atoms with Crippen molar-refractivity contribution >= 4 is 28.9 Å². The van der Waals surface area contributed by atoms with E-state index in [0.29, 0.717) is 22.6 Å². The molecule has 0 aliphatic rings. The van der Waals surface area contributed by atoms with Crippen molar-refractivity contribution in [1.29, 1.82) is 0 Å². The monoisotopic (exact) mass is 359 g/mol. The zero-order valence-electron chi connectivity index (χ0n) is 15.3. The third-order valence-corrected chi connectivity index (χ3v) is 4.21. The van der Waals surface area contributed by atoms with E-state index in [-0.39, 0.29) is 11.7 Å². The van der Waals surface area contributed by atoms with Crippen LogP contribution in [0.25, 0.3) is 0 Å². The lowest BCUT2D eigenvalue weighted by atomic mass is 10.1. The lowest BCUT2D eigenvalue weighted by molar-refractivity contribution is 0.101. The lowest BCUT2D eigenvalue weighted by Gasteiger charge is -2.11. The van der Waals surface area contributed by atoms with Crippen molar-refractivity contribution in [2.24, 2.45) is 0 Å². The maximum atomic E-state index is 12.6. The topological polar surface area (TPSA) is 71.1 Å². The minimum absolute atomic E-state index is 0.0453. The summed E-state index contributed by atoms with van der Waals surface area (Å²) in [5.41, 5.74) is 3.76. The molecule has 0 saturated carbocycles. The van der Waals surface area contributed by atoms with E-state index in [4.69, 9.17) is 0 Å². The minimum atomic E-state index is -0.259. The number of rotatable bonds is 6. The standard InChI is InChI=1S/C22H21N3O2/c1-3-16-7-4-5-10-20(16)25-21-14-18(11-12-23-21)22(27)24-19-9-6-8-17(13-19)15(2)26/h4-14H,3H2,1-2H3,(H,23,25)(H,24,27). The van der Waals surface area contributed by atoms with E-state index in [1.54, 1.807) is 42.6 Å². The molecule has 2 N–H and O–H groups in total. The summed E-state index contributed by atoms with van der Waals surface area (Å²) in [4.78, 5) is 28.4. The van der Waals surface area contributed by atoms with Crippen molar-refractivity contribution in [3.05, 3.63) is 83.6 Å². The molecule has 27 heavy (non-hydrogen) atoms. The van der Waals surface area contributed by atoms with E-state index in [1.807, 2.05) is 18.2 Å². The van der Waals surface area contributed by atoms with Gasteiger partial charge >= 0.3 is 0 Å². The van der Waals surface area contributed by atoms with Crippen LogP contribution < -0.4 is 10.6 Å². The molecule has 0 saturated heterocycles. The highest BCUT2D eigenvalue weighted by atomic mass is 16.1. The predicted molar refractivity (Wildman–Crippen MR) is 108 cm³/mol. The number of hydrogen-bond donors (Lipinski definition) is 2. The number of anilines is 3. The van der Waals surface area contributed by atoms with Crippen LogP contribution in [0.4, 0.5) is 17.2 Å². The van der Waals surface area contributed by atoms with E-state index in [1.165, 1.54) is 12.5 Å². The number of nitrogens with zero attached hydrogens (tertiary/aromatic N) is 1. The molecule has 5 heteroatoms. The quantitative estimate of drug-likeness (QED) is 0.618. The molecule has 1 amide bonds. The van der Waals surface area contributed by atoms with Crippen molar-refractivity contribution in [2.45, 2.75) is 20.3 Å². The normalized spacial score (nSPS) is 10.3. The van der Waals surface area contributed by atoms with Crippen LogP contribution >= 0.6 is 0 Å². The first-order valence-corrected chi connectivity index (χ1v) is 8.80. The molecule has 0 fully saturated rings. The Hall–Kier alpha value is -3.47. The van der Waals surface area contributed by atoms with Gasteiger partial charge in [-0.05, 0) is 49.2 Å². The van der Waals surface area contributed by atoms with Crippen molar-refractivity contribution in [3.63, 3.8) is 0 Å². The Morgan fingerprint density at radius 3 is 2.56 bits per heavy atom. The minimum Gasteiger partial charge on any atom is -0.340 e. The number of hydrogen-bond acceptors (Lipinski definition) is 4. The summed E-state index contributed by atoms with van der Waals surface area (Å²) in [5.74, 6) is 0.294. The van der Waals surface area contributed by atoms with Gasteiger partial charge in [-0.3, -0.25) is 9.59 Å². The molecule has 2 aromatic carbocycles. The number of carbonyl (C=O) groups excluding carboxylic acids is 2. The molecule has 136 valence electrons. The van der Waals surface area contributed by atoms with E-state index < -0.39 is 0 Å². The van der Waals surface area contributed by atoms with Crippen LogP contribution in [0.2, 0.25) is 0 Å². The van der Waals surface area contributed by atoms with Gasteiger partial charge in [0.15, 0.2) is 5.78 Å². The van der Waals surface area contributed by atoms with Crippen molar-refractivity contribution < 1.29 is 9.59 Å². The summed E-state index contributed by atoms with van der Waals surface area (Å²) in [6.45, 7) is 3.59. The van der Waals surface area contributed by atoms with Crippen LogP contribution in [0.3, 0.4) is 0 Å². The number of amides is 1. The Balaban J connectivity index is 1.78. The average molecular weight is 359 g/mol. The summed E-state index contributed by atoms with van der Waals surface area (Å²) in [7, 11) is 0. The third-order valence-electron chi connectivity index (χ3n) is 4.21. The third kappa shape index (κ3) is 4.58. The van der Waals surface area contributed by atoms with Gasteiger partial charge in [0.1, 0.15) is 5.82 Å². The van der Waals surface area contributed by atoms with Crippen LogP contribution in [0, 0.1) is 0 Å². The molecule has 0 radical (unpaired) electrons. The van der Waals surface area contributed by atoms with Gasteiger partial charge in [-0.15, -0.1) is 0 Å². The fourth-order valence-corrected chi connectivity index (χ4v) is 2.75. The number of Topliss-reactive ketones (excluding diaryl/α,β-unsaturated/α-hetero) is 1. The lowest BCUT2D eigenvalue weighted by Crippen LogP contribution is -2.13. The molecule has 0 bridgehead atoms. The molecule has 0 aliphatic heterocycles. The largest absolute Gasteiger partial charge is 0.340 e. The summed E-state index contributed by atoms with van der Waals surface area (Å²) >= 11 is 0. The maximum absolute atomic E-state index is 12.6. The van der Waals surface area contributed by atoms with Crippen molar-refractivity contribution in [2.75, 3.05) is 10.6 Å². The van der Waals surface area contributed by atoms with Gasteiger partial charge in [-0.25, -0.2) is 4.98 Å². The number of ketones is 1.